The molecule has 0 fully saturated rings. The van der Waals surface area contributed by atoms with Gasteiger partial charge in [-0.2, -0.15) is 0 Å². The third kappa shape index (κ3) is 2.86. The maximum atomic E-state index is 9.59. The Labute approximate surface area is 131 Å². The number of hydrogen-bond acceptors (Lipinski definition) is 4. The van der Waals surface area contributed by atoms with Crippen LogP contribution in [0.1, 0.15) is 10.6 Å². The Morgan fingerprint density at radius 2 is 2.10 bits per heavy atom. The topological polar surface area (TPSA) is 42.4 Å². The molecule has 0 unspecified atom stereocenters. The highest BCUT2D eigenvalue weighted by Gasteiger charge is 2.08. The highest BCUT2D eigenvalue weighted by molar-refractivity contribution is 7.20. The van der Waals surface area contributed by atoms with Crippen molar-refractivity contribution in [2.24, 2.45) is 0 Å². The summed E-state index contributed by atoms with van der Waals surface area (Å²) in [5.41, 5.74) is 1.78. The predicted octanol–water partition coefficient (Wildman–Crippen LogP) is 4.75. The van der Waals surface area contributed by atoms with Gasteiger partial charge in [-0.1, -0.05) is 29.8 Å². The number of aromatic nitrogens is 1. The number of benzene rings is 2. The van der Waals surface area contributed by atoms with Gasteiger partial charge in [-0.15, -0.1) is 11.3 Å². The molecule has 0 atom stereocenters. The van der Waals surface area contributed by atoms with E-state index >= 15 is 0 Å². The van der Waals surface area contributed by atoms with Gasteiger partial charge in [0.05, 0.1) is 22.4 Å². The average Bonchev–Trinajstić information content (AvgIpc) is 2.93. The van der Waals surface area contributed by atoms with Crippen molar-refractivity contribution in [2.45, 2.75) is 0 Å². The molecule has 3 aromatic rings. The van der Waals surface area contributed by atoms with Gasteiger partial charge < -0.3 is 9.84 Å². The zero-order valence-electron chi connectivity index (χ0n) is 11.2. The van der Waals surface area contributed by atoms with Crippen LogP contribution in [0.2, 0.25) is 0 Å². The van der Waals surface area contributed by atoms with E-state index in [-0.39, 0.29) is 5.75 Å². The van der Waals surface area contributed by atoms with Crippen LogP contribution in [0.15, 0.2) is 42.5 Å². The van der Waals surface area contributed by atoms with Gasteiger partial charge >= 0.3 is 0 Å². The lowest BCUT2D eigenvalue weighted by molar-refractivity contribution is 0.373. The van der Waals surface area contributed by atoms with Crippen LogP contribution in [-0.4, -0.2) is 17.2 Å². The van der Waals surface area contributed by atoms with E-state index in [2.05, 4.69) is 4.98 Å². The first-order chi connectivity index (χ1) is 10.2. The minimum absolute atomic E-state index is 0.103. The Morgan fingerprint density at radius 3 is 2.86 bits per heavy atom. The molecule has 5 heteroatoms. The van der Waals surface area contributed by atoms with Crippen LogP contribution in [-0.2, 0) is 0 Å². The van der Waals surface area contributed by atoms with E-state index in [0.29, 0.717) is 10.8 Å². The Kier molecular flexibility index (Phi) is 3.82. The van der Waals surface area contributed by atoms with Crippen LogP contribution in [0, 0.1) is 0 Å². The highest BCUT2D eigenvalue weighted by Crippen LogP contribution is 2.32. The van der Waals surface area contributed by atoms with E-state index in [0.717, 1.165) is 20.8 Å². The summed E-state index contributed by atoms with van der Waals surface area (Å²) in [6.07, 6.45) is 1.81. The van der Waals surface area contributed by atoms with Crippen molar-refractivity contribution < 1.29 is 9.84 Å². The fourth-order valence-corrected chi connectivity index (χ4v) is 3.12. The fourth-order valence-electron chi connectivity index (χ4n) is 1.97. The molecule has 0 aliphatic heterocycles. The minimum Gasteiger partial charge on any atom is -0.504 e. The molecular formula is C16H12ClNO2S. The molecule has 3 rings (SSSR count). The largest absolute Gasteiger partial charge is 0.504 e. The normalized spacial score (nSPS) is 11.8. The molecule has 0 aliphatic rings. The number of halogens is 1. The van der Waals surface area contributed by atoms with Gasteiger partial charge in [0, 0.05) is 0 Å². The van der Waals surface area contributed by atoms with Crippen LogP contribution < -0.4 is 4.74 Å². The number of rotatable bonds is 3. The van der Waals surface area contributed by atoms with Gasteiger partial charge in [0.1, 0.15) is 5.01 Å². The molecule has 1 aromatic heterocycles. The van der Waals surface area contributed by atoms with E-state index in [4.69, 9.17) is 16.3 Å². The Morgan fingerprint density at radius 1 is 1.29 bits per heavy atom. The lowest BCUT2D eigenvalue weighted by Crippen LogP contribution is -1.84. The van der Waals surface area contributed by atoms with E-state index in [1.54, 1.807) is 35.6 Å². The summed E-state index contributed by atoms with van der Waals surface area (Å²) in [6, 6.07) is 13.0. The van der Waals surface area contributed by atoms with E-state index < -0.39 is 0 Å². The molecule has 0 saturated heterocycles. The molecule has 1 heterocycles. The number of hydrogen-bond donors (Lipinski definition) is 1. The predicted molar refractivity (Wildman–Crippen MR) is 88.0 cm³/mol. The number of aromatic hydroxyl groups is 1. The molecule has 1 N–H and O–H groups in total. The van der Waals surface area contributed by atoms with Crippen molar-refractivity contribution in [1.29, 1.82) is 0 Å². The van der Waals surface area contributed by atoms with Crippen molar-refractivity contribution >= 4 is 44.3 Å². The maximum absolute atomic E-state index is 9.59. The van der Waals surface area contributed by atoms with Gasteiger partial charge in [-0.3, -0.25) is 0 Å². The molecule has 0 saturated carbocycles. The molecule has 3 nitrogen and oxygen atoms in total. The molecular weight excluding hydrogens is 306 g/mol. The van der Waals surface area contributed by atoms with Crippen LogP contribution in [0.4, 0.5) is 0 Å². The second-order valence-corrected chi connectivity index (χ2v) is 5.85. The second kappa shape index (κ2) is 5.76. The number of fused-ring (bicyclic) bond motifs is 1. The molecule has 0 bridgehead atoms. The SMILES string of the molecule is COc1cc(/C=C(\Cl)c2nc3ccccc3s2)ccc1O. The van der Waals surface area contributed by atoms with Gasteiger partial charge in [0.2, 0.25) is 0 Å². The van der Waals surface area contributed by atoms with Crippen LogP contribution in [0.3, 0.4) is 0 Å². The highest BCUT2D eigenvalue weighted by atomic mass is 35.5. The Hall–Kier alpha value is -2.04. The van der Waals surface area contributed by atoms with Crippen molar-refractivity contribution in [1.82, 2.24) is 4.98 Å². The monoisotopic (exact) mass is 317 g/mol. The number of ether oxygens (including phenoxy) is 1. The molecule has 2 aromatic carbocycles. The lowest BCUT2D eigenvalue weighted by atomic mass is 10.2. The lowest BCUT2D eigenvalue weighted by Gasteiger charge is -2.04. The summed E-state index contributed by atoms with van der Waals surface area (Å²) < 4.78 is 6.18. The van der Waals surface area contributed by atoms with Gasteiger partial charge in [-0.25, -0.2) is 4.98 Å². The molecule has 21 heavy (non-hydrogen) atoms. The van der Waals surface area contributed by atoms with Crippen LogP contribution >= 0.6 is 22.9 Å². The third-order valence-corrected chi connectivity index (χ3v) is 4.47. The summed E-state index contributed by atoms with van der Waals surface area (Å²) >= 11 is 7.90. The van der Waals surface area contributed by atoms with Crippen molar-refractivity contribution in [3.8, 4) is 11.5 Å². The van der Waals surface area contributed by atoms with Crippen molar-refractivity contribution in [3.63, 3.8) is 0 Å². The summed E-state index contributed by atoms with van der Waals surface area (Å²) in [7, 11) is 1.51. The summed E-state index contributed by atoms with van der Waals surface area (Å²) in [6.45, 7) is 0. The van der Waals surface area contributed by atoms with Crippen molar-refractivity contribution in [2.75, 3.05) is 7.11 Å². The number of thiazole rings is 1. The molecule has 106 valence electrons. The first kappa shape index (κ1) is 13.9. The van der Waals surface area contributed by atoms with Crippen LogP contribution in [0.5, 0.6) is 11.5 Å². The van der Waals surface area contributed by atoms with Crippen LogP contribution in [0.25, 0.3) is 21.3 Å². The number of phenols is 1. The van der Waals surface area contributed by atoms with E-state index in [1.165, 1.54) is 7.11 Å². The zero-order chi connectivity index (χ0) is 14.8. The van der Waals surface area contributed by atoms with E-state index in [1.807, 2.05) is 24.3 Å². The second-order valence-electron chi connectivity index (χ2n) is 4.41. The number of para-hydroxylation sites is 1. The van der Waals surface area contributed by atoms with Gasteiger partial charge in [0.25, 0.3) is 0 Å². The Bertz CT molecular complexity index is 793. The summed E-state index contributed by atoms with van der Waals surface area (Å²) in [5, 5.41) is 10.9. The van der Waals surface area contributed by atoms with Gasteiger partial charge in [0.15, 0.2) is 11.5 Å². The molecule has 0 aliphatic carbocycles. The molecule has 0 radical (unpaired) electrons. The Balaban J connectivity index is 1.98. The molecule has 0 spiro atoms. The molecule has 0 amide bonds. The average molecular weight is 318 g/mol. The number of nitrogens with zero attached hydrogens (tertiary/aromatic N) is 1. The maximum Gasteiger partial charge on any atom is 0.161 e. The first-order valence-electron chi connectivity index (χ1n) is 6.27. The standard InChI is InChI=1S/C16H12ClNO2S/c1-20-14-9-10(6-7-13(14)19)8-11(17)16-18-12-4-2-3-5-15(12)21-16/h2-9,19H,1H3/b11-8-. The quantitative estimate of drug-likeness (QED) is 0.758. The minimum atomic E-state index is 0.103. The third-order valence-electron chi connectivity index (χ3n) is 3.00. The summed E-state index contributed by atoms with van der Waals surface area (Å²) in [5.74, 6) is 0.517. The van der Waals surface area contributed by atoms with E-state index in [9.17, 15) is 5.11 Å². The number of methoxy groups -OCH3 is 1. The zero-order valence-corrected chi connectivity index (χ0v) is 12.8. The number of phenolic OH excluding ortho intramolecular Hbond substituents is 1. The fraction of sp³-hybridized carbons (Fsp3) is 0.0625. The smallest absolute Gasteiger partial charge is 0.161 e. The van der Waals surface area contributed by atoms with Crippen molar-refractivity contribution in [3.05, 3.63) is 53.0 Å². The summed E-state index contributed by atoms with van der Waals surface area (Å²) in [4.78, 5) is 4.51. The van der Waals surface area contributed by atoms with Gasteiger partial charge in [-0.05, 0) is 35.9 Å². The first-order valence-corrected chi connectivity index (χ1v) is 7.47.